The maximum absolute atomic E-state index is 13.3. The number of aryl methyl sites for hydroxylation is 1. The van der Waals surface area contributed by atoms with E-state index >= 15 is 0 Å². The predicted octanol–water partition coefficient (Wildman–Crippen LogP) is 2.87. The van der Waals surface area contributed by atoms with Crippen LogP contribution in [0.2, 0.25) is 0 Å². The molecule has 100 valence electrons. The van der Waals surface area contributed by atoms with E-state index in [9.17, 15) is 4.39 Å². The summed E-state index contributed by atoms with van der Waals surface area (Å²) in [6.07, 6.45) is 4.42. The molecule has 2 nitrogen and oxygen atoms in total. The van der Waals surface area contributed by atoms with Gasteiger partial charge in [0.2, 0.25) is 0 Å². The topological polar surface area (TPSA) is 23.5 Å². The van der Waals surface area contributed by atoms with Crippen LogP contribution in [0.3, 0.4) is 0 Å². The Balaban J connectivity index is 2.08. The molecule has 18 heavy (non-hydrogen) atoms. The molecular weight excluding hydrogens is 229 g/mol. The summed E-state index contributed by atoms with van der Waals surface area (Å²) < 4.78 is 13.3. The summed E-state index contributed by atoms with van der Waals surface area (Å²) in [5, 5.41) is 9.11. The van der Waals surface area contributed by atoms with Crippen molar-refractivity contribution in [2.24, 2.45) is 0 Å². The second-order valence-corrected chi connectivity index (χ2v) is 5.20. The van der Waals surface area contributed by atoms with Gasteiger partial charge in [0.05, 0.1) is 0 Å². The number of hydrogen-bond donors (Lipinski definition) is 1. The number of piperidine rings is 1. The molecule has 0 bridgehead atoms. The van der Waals surface area contributed by atoms with E-state index in [2.05, 4.69) is 4.90 Å². The van der Waals surface area contributed by atoms with Crippen molar-refractivity contribution in [3.63, 3.8) is 0 Å². The lowest BCUT2D eigenvalue weighted by Crippen LogP contribution is -2.39. The molecule has 1 aliphatic heterocycles. The summed E-state index contributed by atoms with van der Waals surface area (Å²) in [6, 6.07) is 5.45. The number of aliphatic hydroxyl groups is 1. The van der Waals surface area contributed by atoms with Crippen LogP contribution >= 0.6 is 0 Å². The third-order valence-corrected chi connectivity index (χ3v) is 3.90. The highest BCUT2D eigenvalue weighted by Gasteiger charge is 2.22. The Kier molecular flexibility index (Phi) is 4.72. The minimum atomic E-state index is -0.161. The lowest BCUT2D eigenvalue weighted by atomic mass is 9.98. The van der Waals surface area contributed by atoms with Gasteiger partial charge >= 0.3 is 0 Å². The normalized spacial score (nSPS) is 21.2. The number of nitrogens with zero attached hydrogens (tertiary/aromatic N) is 1. The molecule has 0 spiro atoms. The summed E-state index contributed by atoms with van der Waals surface area (Å²) >= 11 is 0. The van der Waals surface area contributed by atoms with E-state index in [-0.39, 0.29) is 12.4 Å². The average molecular weight is 251 g/mol. The molecular formula is C15H22FNO. The number of hydrogen-bond acceptors (Lipinski definition) is 2. The van der Waals surface area contributed by atoms with Crippen LogP contribution in [0.25, 0.3) is 0 Å². The smallest absolute Gasteiger partial charge is 0.123 e. The van der Waals surface area contributed by atoms with E-state index < -0.39 is 0 Å². The quantitative estimate of drug-likeness (QED) is 0.889. The minimum absolute atomic E-state index is 0.161. The van der Waals surface area contributed by atoms with Gasteiger partial charge in [-0.1, -0.05) is 12.5 Å². The molecule has 0 saturated carbocycles. The average Bonchev–Trinajstić information content (AvgIpc) is 2.36. The van der Waals surface area contributed by atoms with Gasteiger partial charge in [0.1, 0.15) is 5.82 Å². The Bertz CT molecular complexity index is 392. The highest BCUT2D eigenvalue weighted by atomic mass is 19.1. The van der Waals surface area contributed by atoms with Crippen LogP contribution in [0.15, 0.2) is 18.2 Å². The fraction of sp³-hybridized carbons (Fsp3) is 0.600. The van der Waals surface area contributed by atoms with Gasteiger partial charge in [0.15, 0.2) is 0 Å². The van der Waals surface area contributed by atoms with E-state index in [1.807, 2.05) is 13.0 Å². The van der Waals surface area contributed by atoms with Crippen molar-refractivity contribution in [3.8, 4) is 0 Å². The fourth-order valence-electron chi connectivity index (χ4n) is 2.77. The van der Waals surface area contributed by atoms with Gasteiger partial charge < -0.3 is 5.11 Å². The summed E-state index contributed by atoms with van der Waals surface area (Å²) in [6.45, 7) is 4.12. The maximum Gasteiger partial charge on any atom is 0.123 e. The van der Waals surface area contributed by atoms with Gasteiger partial charge in [-0.25, -0.2) is 4.39 Å². The van der Waals surface area contributed by atoms with Gasteiger partial charge in [-0.15, -0.1) is 0 Å². The Morgan fingerprint density at radius 1 is 1.39 bits per heavy atom. The molecule has 1 atom stereocenters. The van der Waals surface area contributed by atoms with Crippen molar-refractivity contribution < 1.29 is 9.50 Å². The molecule has 1 unspecified atom stereocenters. The van der Waals surface area contributed by atoms with Crippen molar-refractivity contribution in [2.75, 3.05) is 13.2 Å². The SMILES string of the molecule is Cc1ccc(F)cc1CN1CCCCC1CCO. The largest absolute Gasteiger partial charge is 0.396 e. The molecule has 1 saturated heterocycles. The van der Waals surface area contributed by atoms with Crippen LogP contribution in [0.4, 0.5) is 4.39 Å². The molecule has 0 aliphatic carbocycles. The third-order valence-electron chi connectivity index (χ3n) is 3.90. The zero-order valence-electron chi connectivity index (χ0n) is 11.0. The molecule has 2 rings (SSSR count). The summed E-state index contributed by atoms with van der Waals surface area (Å²) in [5.74, 6) is -0.161. The second kappa shape index (κ2) is 6.30. The van der Waals surface area contributed by atoms with Crippen LogP contribution in [-0.2, 0) is 6.54 Å². The first kappa shape index (κ1) is 13.5. The molecule has 1 N–H and O–H groups in total. The Hall–Kier alpha value is -0.930. The van der Waals surface area contributed by atoms with Crippen molar-refractivity contribution in [2.45, 2.75) is 45.2 Å². The molecule has 3 heteroatoms. The zero-order valence-corrected chi connectivity index (χ0v) is 11.0. The molecule has 0 aromatic heterocycles. The predicted molar refractivity (Wildman–Crippen MR) is 70.9 cm³/mol. The van der Waals surface area contributed by atoms with E-state index in [0.717, 1.165) is 37.1 Å². The van der Waals surface area contributed by atoms with E-state index in [1.165, 1.54) is 18.9 Å². The van der Waals surface area contributed by atoms with Gasteiger partial charge in [-0.3, -0.25) is 4.90 Å². The molecule has 1 fully saturated rings. The van der Waals surface area contributed by atoms with Crippen LogP contribution in [0.1, 0.15) is 36.8 Å². The van der Waals surface area contributed by atoms with Gasteiger partial charge in [-0.2, -0.15) is 0 Å². The number of likely N-dealkylation sites (tertiary alicyclic amines) is 1. The van der Waals surface area contributed by atoms with Crippen molar-refractivity contribution >= 4 is 0 Å². The number of halogens is 1. The first-order valence-corrected chi connectivity index (χ1v) is 6.80. The summed E-state index contributed by atoms with van der Waals surface area (Å²) in [5.41, 5.74) is 2.21. The van der Waals surface area contributed by atoms with Crippen LogP contribution in [-0.4, -0.2) is 29.2 Å². The molecule has 1 aromatic carbocycles. The zero-order chi connectivity index (χ0) is 13.0. The Morgan fingerprint density at radius 2 is 2.22 bits per heavy atom. The second-order valence-electron chi connectivity index (χ2n) is 5.20. The van der Waals surface area contributed by atoms with E-state index in [4.69, 9.17) is 5.11 Å². The van der Waals surface area contributed by atoms with Gasteiger partial charge in [0, 0.05) is 19.2 Å². The minimum Gasteiger partial charge on any atom is -0.396 e. The van der Waals surface area contributed by atoms with Crippen molar-refractivity contribution in [3.05, 3.63) is 35.1 Å². The molecule has 1 heterocycles. The number of rotatable bonds is 4. The highest BCUT2D eigenvalue weighted by Crippen LogP contribution is 2.23. The van der Waals surface area contributed by atoms with Crippen LogP contribution in [0, 0.1) is 12.7 Å². The molecule has 0 amide bonds. The molecule has 1 aliphatic rings. The standard InChI is InChI=1S/C15H22FNO/c1-12-5-6-14(16)10-13(12)11-17-8-3-2-4-15(17)7-9-18/h5-6,10,15,18H,2-4,7-9,11H2,1H3. The monoisotopic (exact) mass is 251 g/mol. The number of aliphatic hydroxyl groups excluding tert-OH is 1. The maximum atomic E-state index is 13.3. The molecule has 0 radical (unpaired) electrons. The van der Waals surface area contributed by atoms with E-state index in [1.54, 1.807) is 6.07 Å². The van der Waals surface area contributed by atoms with Gasteiger partial charge in [0.25, 0.3) is 0 Å². The molecule has 1 aromatic rings. The Labute approximate surface area is 108 Å². The summed E-state index contributed by atoms with van der Waals surface area (Å²) in [4.78, 5) is 2.39. The first-order chi connectivity index (χ1) is 8.70. The first-order valence-electron chi connectivity index (χ1n) is 6.80. The van der Waals surface area contributed by atoms with Gasteiger partial charge in [-0.05, 0) is 56.0 Å². The van der Waals surface area contributed by atoms with Crippen molar-refractivity contribution in [1.82, 2.24) is 4.90 Å². The van der Waals surface area contributed by atoms with Crippen LogP contribution in [0.5, 0.6) is 0 Å². The van der Waals surface area contributed by atoms with E-state index in [0.29, 0.717) is 6.04 Å². The number of benzene rings is 1. The highest BCUT2D eigenvalue weighted by molar-refractivity contribution is 5.26. The van der Waals surface area contributed by atoms with Crippen molar-refractivity contribution in [1.29, 1.82) is 0 Å². The fourth-order valence-corrected chi connectivity index (χ4v) is 2.77. The lowest BCUT2D eigenvalue weighted by molar-refractivity contribution is 0.112. The summed E-state index contributed by atoms with van der Waals surface area (Å²) in [7, 11) is 0. The lowest BCUT2D eigenvalue weighted by Gasteiger charge is -2.35. The van der Waals surface area contributed by atoms with Crippen LogP contribution < -0.4 is 0 Å². The Morgan fingerprint density at radius 3 is 3.00 bits per heavy atom. The third kappa shape index (κ3) is 3.30.